The molecule has 2 N–H and O–H groups in total. The van der Waals surface area contributed by atoms with E-state index in [4.69, 9.17) is 0 Å². The molecule has 0 aliphatic rings. The summed E-state index contributed by atoms with van der Waals surface area (Å²) in [5.41, 5.74) is 4.30. The summed E-state index contributed by atoms with van der Waals surface area (Å²) in [6.07, 6.45) is 4.27. The third-order valence-electron chi connectivity index (χ3n) is 3.68. The smallest absolute Gasteiger partial charge is 0.257 e. The van der Waals surface area contributed by atoms with Crippen molar-refractivity contribution >= 4 is 23.0 Å². The van der Waals surface area contributed by atoms with E-state index in [2.05, 4.69) is 34.7 Å². The van der Waals surface area contributed by atoms with E-state index in [0.717, 1.165) is 23.5 Å². The van der Waals surface area contributed by atoms with Gasteiger partial charge in [0.2, 0.25) is 0 Å². The van der Waals surface area contributed by atoms with Gasteiger partial charge >= 0.3 is 0 Å². The first-order chi connectivity index (χ1) is 11.7. The van der Waals surface area contributed by atoms with E-state index in [-0.39, 0.29) is 5.91 Å². The second-order valence-electron chi connectivity index (χ2n) is 5.46. The van der Waals surface area contributed by atoms with Gasteiger partial charge in [-0.2, -0.15) is 0 Å². The molecule has 0 saturated carbocycles. The number of hydrogen-bond acceptors (Lipinski definition) is 3. The van der Waals surface area contributed by atoms with E-state index < -0.39 is 0 Å². The molecule has 2 aromatic carbocycles. The van der Waals surface area contributed by atoms with Crippen LogP contribution in [0.15, 0.2) is 73.1 Å². The van der Waals surface area contributed by atoms with Crippen LogP contribution in [0.3, 0.4) is 0 Å². The number of hydrogen-bond donors (Lipinski definition) is 2. The van der Waals surface area contributed by atoms with Gasteiger partial charge in [-0.1, -0.05) is 37.3 Å². The van der Waals surface area contributed by atoms with Crippen molar-refractivity contribution < 1.29 is 4.79 Å². The van der Waals surface area contributed by atoms with Crippen molar-refractivity contribution in [1.29, 1.82) is 0 Å². The van der Waals surface area contributed by atoms with Crippen LogP contribution >= 0.6 is 0 Å². The third-order valence-corrected chi connectivity index (χ3v) is 3.68. The molecule has 0 atom stereocenters. The first kappa shape index (κ1) is 15.7. The molecule has 24 heavy (non-hydrogen) atoms. The number of pyridine rings is 1. The number of carbonyl (C=O) groups is 1. The fourth-order valence-corrected chi connectivity index (χ4v) is 2.35. The van der Waals surface area contributed by atoms with Crippen LogP contribution in [0.25, 0.3) is 0 Å². The summed E-state index contributed by atoms with van der Waals surface area (Å²) in [5.74, 6) is -0.182. The summed E-state index contributed by atoms with van der Waals surface area (Å²) >= 11 is 0. The molecule has 1 aromatic heterocycles. The minimum Gasteiger partial charge on any atom is -0.354 e. The van der Waals surface area contributed by atoms with Crippen LogP contribution in [0.1, 0.15) is 22.8 Å². The summed E-state index contributed by atoms with van der Waals surface area (Å²) in [6.45, 7) is 2.13. The first-order valence-electron chi connectivity index (χ1n) is 7.92. The highest BCUT2D eigenvalue weighted by Crippen LogP contribution is 2.18. The van der Waals surface area contributed by atoms with Gasteiger partial charge in [0, 0.05) is 17.6 Å². The Kier molecular flexibility index (Phi) is 4.87. The number of benzene rings is 2. The highest BCUT2D eigenvalue weighted by atomic mass is 16.1. The van der Waals surface area contributed by atoms with Crippen molar-refractivity contribution in [1.82, 2.24) is 4.98 Å². The zero-order valence-electron chi connectivity index (χ0n) is 13.5. The van der Waals surface area contributed by atoms with Crippen molar-refractivity contribution in [2.45, 2.75) is 13.3 Å². The Morgan fingerprint density at radius 3 is 2.38 bits per heavy atom. The summed E-state index contributed by atoms with van der Waals surface area (Å²) in [5, 5.41) is 6.13. The zero-order chi connectivity index (χ0) is 16.8. The Hall–Kier alpha value is -3.14. The van der Waals surface area contributed by atoms with Crippen LogP contribution in [-0.2, 0) is 6.42 Å². The molecule has 0 saturated heterocycles. The van der Waals surface area contributed by atoms with Crippen molar-refractivity contribution in [3.05, 3.63) is 84.2 Å². The lowest BCUT2D eigenvalue weighted by atomic mass is 10.1. The Bertz CT molecular complexity index is 814. The van der Waals surface area contributed by atoms with E-state index in [1.54, 1.807) is 18.5 Å². The largest absolute Gasteiger partial charge is 0.354 e. The minimum absolute atomic E-state index is 0.182. The Labute approximate surface area is 141 Å². The number of para-hydroxylation sites is 1. The number of nitrogens with one attached hydrogen (secondary N) is 2. The lowest BCUT2D eigenvalue weighted by Crippen LogP contribution is -2.12. The molecule has 0 unspecified atom stereocenters. The highest BCUT2D eigenvalue weighted by Gasteiger charge is 2.07. The lowest BCUT2D eigenvalue weighted by molar-refractivity contribution is 0.102. The quantitative estimate of drug-likeness (QED) is 0.721. The SMILES string of the molecule is CCc1ccc(Nc2cncc(C(=O)Nc3ccccc3)c2)cc1. The number of amides is 1. The fraction of sp³-hybridized carbons (Fsp3) is 0.100. The van der Waals surface area contributed by atoms with E-state index in [9.17, 15) is 4.79 Å². The standard InChI is InChI=1S/C20H19N3O/c1-2-15-8-10-18(11-9-15)22-19-12-16(13-21-14-19)20(24)23-17-6-4-3-5-7-17/h3-14,22H,2H2,1H3,(H,23,24). The Balaban J connectivity index is 1.72. The molecule has 4 nitrogen and oxygen atoms in total. The summed E-state index contributed by atoms with van der Waals surface area (Å²) < 4.78 is 0. The van der Waals surface area contributed by atoms with E-state index in [0.29, 0.717) is 5.56 Å². The van der Waals surface area contributed by atoms with E-state index in [1.165, 1.54) is 5.56 Å². The van der Waals surface area contributed by atoms with Gasteiger partial charge in [0.25, 0.3) is 5.91 Å². The Morgan fingerprint density at radius 2 is 1.67 bits per heavy atom. The number of rotatable bonds is 5. The van der Waals surface area contributed by atoms with Crippen LogP contribution in [0, 0.1) is 0 Å². The van der Waals surface area contributed by atoms with Crippen LogP contribution < -0.4 is 10.6 Å². The predicted octanol–water partition coefficient (Wildman–Crippen LogP) is 4.64. The number of aromatic nitrogens is 1. The average Bonchev–Trinajstić information content (AvgIpc) is 2.63. The average molecular weight is 317 g/mol. The van der Waals surface area contributed by atoms with Crippen molar-refractivity contribution in [2.24, 2.45) is 0 Å². The molecule has 0 aliphatic heterocycles. The zero-order valence-corrected chi connectivity index (χ0v) is 13.5. The van der Waals surface area contributed by atoms with Gasteiger partial charge in [-0.15, -0.1) is 0 Å². The molecule has 0 spiro atoms. The predicted molar refractivity (Wildman–Crippen MR) is 97.7 cm³/mol. The van der Waals surface area contributed by atoms with E-state index >= 15 is 0 Å². The number of anilines is 3. The van der Waals surface area contributed by atoms with Crippen molar-refractivity contribution in [3.63, 3.8) is 0 Å². The number of carbonyl (C=O) groups excluding carboxylic acids is 1. The molecular formula is C20H19N3O. The molecule has 1 amide bonds. The van der Waals surface area contributed by atoms with Gasteiger partial charge in [0.1, 0.15) is 0 Å². The van der Waals surface area contributed by atoms with Crippen LogP contribution in [0.2, 0.25) is 0 Å². The molecule has 3 aromatic rings. The highest BCUT2D eigenvalue weighted by molar-refractivity contribution is 6.04. The second-order valence-corrected chi connectivity index (χ2v) is 5.46. The Morgan fingerprint density at radius 1 is 0.917 bits per heavy atom. The van der Waals surface area contributed by atoms with Gasteiger partial charge in [-0.3, -0.25) is 9.78 Å². The van der Waals surface area contributed by atoms with Gasteiger partial charge in [-0.25, -0.2) is 0 Å². The summed E-state index contributed by atoms with van der Waals surface area (Å²) in [7, 11) is 0. The van der Waals surface area contributed by atoms with Gasteiger partial charge in [0.05, 0.1) is 17.4 Å². The molecular weight excluding hydrogens is 298 g/mol. The van der Waals surface area contributed by atoms with Crippen LogP contribution in [0.4, 0.5) is 17.1 Å². The lowest BCUT2D eigenvalue weighted by Gasteiger charge is -2.09. The fourth-order valence-electron chi connectivity index (χ4n) is 2.35. The summed E-state index contributed by atoms with van der Waals surface area (Å²) in [4.78, 5) is 16.5. The normalized spacial score (nSPS) is 10.2. The topological polar surface area (TPSA) is 54.0 Å². The molecule has 0 aliphatic carbocycles. The van der Waals surface area contributed by atoms with E-state index in [1.807, 2.05) is 42.5 Å². The monoisotopic (exact) mass is 317 g/mol. The molecule has 0 radical (unpaired) electrons. The maximum Gasteiger partial charge on any atom is 0.257 e. The number of aryl methyl sites for hydroxylation is 1. The third kappa shape index (κ3) is 3.98. The molecule has 4 heteroatoms. The summed E-state index contributed by atoms with van der Waals surface area (Å²) in [6, 6.07) is 19.4. The number of nitrogens with zero attached hydrogens (tertiary/aromatic N) is 1. The molecule has 1 heterocycles. The van der Waals surface area contributed by atoms with Gasteiger partial charge < -0.3 is 10.6 Å². The van der Waals surface area contributed by atoms with Gasteiger partial charge in [0.15, 0.2) is 0 Å². The maximum absolute atomic E-state index is 12.3. The first-order valence-corrected chi connectivity index (χ1v) is 7.92. The molecule has 0 fully saturated rings. The minimum atomic E-state index is -0.182. The maximum atomic E-state index is 12.3. The van der Waals surface area contributed by atoms with Crippen molar-refractivity contribution in [2.75, 3.05) is 10.6 Å². The molecule has 0 bridgehead atoms. The van der Waals surface area contributed by atoms with Crippen LogP contribution in [-0.4, -0.2) is 10.9 Å². The van der Waals surface area contributed by atoms with Gasteiger partial charge in [-0.05, 0) is 42.3 Å². The van der Waals surface area contributed by atoms with Crippen molar-refractivity contribution in [3.8, 4) is 0 Å². The van der Waals surface area contributed by atoms with Crippen LogP contribution in [0.5, 0.6) is 0 Å². The molecule has 120 valence electrons. The molecule has 3 rings (SSSR count). The second kappa shape index (κ2) is 7.42.